The number of furan rings is 1. The van der Waals surface area contributed by atoms with E-state index in [-0.39, 0.29) is 16.8 Å². The third kappa shape index (κ3) is 5.85. The van der Waals surface area contributed by atoms with E-state index in [0.29, 0.717) is 42.3 Å². The fraction of sp³-hybridized carbons (Fsp3) is 0.160. The number of hydrogen-bond acceptors (Lipinski definition) is 5. The van der Waals surface area contributed by atoms with Gasteiger partial charge in [-0.25, -0.2) is 0 Å². The summed E-state index contributed by atoms with van der Waals surface area (Å²) < 4.78 is 6.41. The van der Waals surface area contributed by atoms with E-state index in [1.807, 2.05) is 26.8 Å². The highest BCUT2D eigenvalue weighted by molar-refractivity contribution is 7.80. The Kier molecular flexibility index (Phi) is 7.64. The second-order valence-electron chi connectivity index (χ2n) is 8.83. The molecule has 36 heavy (non-hydrogen) atoms. The van der Waals surface area contributed by atoms with Crippen LogP contribution in [0.4, 0.5) is 5.69 Å². The van der Waals surface area contributed by atoms with E-state index < -0.39 is 11.4 Å². The molecular weight excluding hydrogens is 561 g/mol. The first-order valence-electron chi connectivity index (χ1n) is 10.6. The maximum absolute atomic E-state index is 12.7. The van der Waals surface area contributed by atoms with E-state index in [0.717, 1.165) is 4.70 Å². The minimum absolute atomic E-state index is 0.0604. The number of thiophene rings is 1. The van der Waals surface area contributed by atoms with Gasteiger partial charge in [0, 0.05) is 16.5 Å². The van der Waals surface area contributed by atoms with Gasteiger partial charge in [0.1, 0.15) is 10.6 Å². The minimum atomic E-state index is -0.527. The van der Waals surface area contributed by atoms with Crippen LogP contribution in [0.1, 0.15) is 41.0 Å². The molecule has 0 radical (unpaired) electrons. The molecule has 0 fully saturated rings. The molecule has 11 heteroatoms. The molecule has 0 aliphatic carbocycles. The molecule has 6 nitrogen and oxygen atoms in total. The number of carbonyl (C=O) groups is 2. The van der Waals surface area contributed by atoms with Crippen LogP contribution in [-0.2, 0) is 0 Å². The van der Waals surface area contributed by atoms with E-state index in [1.165, 1.54) is 17.4 Å². The van der Waals surface area contributed by atoms with E-state index in [2.05, 4.69) is 16.0 Å². The molecule has 0 saturated carbocycles. The van der Waals surface area contributed by atoms with Gasteiger partial charge < -0.3 is 15.1 Å². The summed E-state index contributed by atoms with van der Waals surface area (Å²) in [5.74, 6) is -0.262. The van der Waals surface area contributed by atoms with Crippen LogP contribution < -0.4 is 16.0 Å². The standard InChI is InChI=1S/C25H20Cl3N3O3S2/c1-25(2,3)31-23(33)21-19(28)13-5-4-6-16(20(13)36-21)29-24(35)30-22(32)18-10-9-17(34-18)12-7-8-14(26)15(27)11-12/h4-11H,1-3H3,(H,31,33)(H2,29,30,32,35). The van der Waals surface area contributed by atoms with Crippen molar-refractivity contribution in [2.45, 2.75) is 26.3 Å². The minimum Gasteiger partial charge on any atom is -0.451 e. The molecule has 4 rings (SSSR count). The van der Waals surface area contributed by atoms with Crippen molar-refractivity contribution < 1.29 is 14.0 Å². The molecule has 0 aliphatic rings. The Bertz CT molecular complexity index is 1510. The first kappa shape index (κ1) is 26.4. The fourth-order valence-electron chi connectivity index (χ4n) is 3.31. The van der Waals surface area contributed by atoms with Crippen molar-refractivity contribution in [3.63, 3.8) is 0 Å². The maximum Gasteiger partial charge on any atom is 0.293 e. The molecule has 0 bridgehead atoms. The highest BCUT2D eigenvalue weighted by Crippen LogP contribution is 2.39. The van der Waals surface area contributed by atoms with Gasteiger partial charge >= 0.3 is 0 Å². The zero-order chi connectivity index (χ0) is 26.2. The van der Waals surface area contributed by atoms with Gasteiger partial charge in [-0.2, -0.15) is 0 Å². The van der Waals surface area contributed by atoms with Gasteiger partial charge in [-0.1, -0.05) is 46.9 Å². The van der Waals surface area contributed by atoms with Gasteiger partial charge in [-0.15, -0.1) is 11.3 Å². The average molecular weight is 581 g/mol. The molecule has 2 amide bonds. The Labute approximate surface area is 231 Å². The highest BCUT2D eigenvalue weighted by atomic mass is 35.5. The summed E-state index contributed by atoms with van der Waals surface area (Å²) in [4.78, 5) is 25.8. The zero-order valence-electron chi connectivity index (χ0n) is 19.3. The van der Waals surface area contributed by atoms with E-state index in [9.17, 15) is 9.59 Å². The lowest BCUT2D eigenvalue weighted by Crippen LogP contribution is -2.40. The number of halogens is 3. The van der Waals surface area contributed by atoms with Gasteiger partial charge in [0.2, 0.25) is 0 Å². The molecule has 2 aromatic heterocycles. The molecule has 0 spiro atoms. The van der Waals surface area contributed by atoms with E-state index >= 15 is 0 Å². The molecule has 0 aliphatic heterocycles. The predicted octanol–water partition coefficient (Wildman–Crippen LogP) is 7.78. The van der Waals surface area contributed by atoms with Crippen LogP contribution in [0.3, 0.4) is 0 Å². The van der Waals surface area contributed by atoms with Crippen LogP contribution in [0.2, 0.25) is 15.1 Å². The Morgan fingerprint density at radius 1 is 0.972 bits per heavy atom. The number of thiocarbonyl (C=S) groups is 1. The lowest BCUT2D eigenvalue weighted by Gasteiger charge is -2.19. The average Bonchev–Trinajstić information content (AvgIpc) is 3.41. The molecular formula is C25H20Cl3N3O3S2. The quantitative estimate of drug-likeness (QED) is 0.215. The Balaban J connectivity index is 1.49. The van der Waals surface area contributed by atoms with Gasteiger partial charge in [0.25, 0.3) is 11.8 Å². The van der Waals surface area contributed by atoms with E-state index in [1.54, 1.807) is 36.4 Å². The van der Waals surface area contributed by atoms with Crippen LogP contribution >= 0.6 is 58.4 Å². The van der Waals surface area contributed by atoms with Crippen molar-refractivity contribution in [3.8, 4) is 11.3 Å². The number of carbonyl (C=O) groups excluding carboxylic acids is 2. The van der Waals surface area contributed by atoms with Gasteiger partial charge in [-0.3, -0.25) is 14.9 Å². The van der Waals surface area contributed by atoms with Crippen LogP contribution in [0.15, 0.2) is 52.9 Å². The molecule has 0 unspecified atom stereocenters. The largest absolute Gasteiger partial charge is 0.451 e. The summed E-state index contributed by atoms with van der Waals surface area (Å²) in [6.45, 7) is 5.69. The van der Waals surface area contributed by atoms with Crippen molar-refractivity contribution in [1.29, 1.82) is 0 Å². The third-order valence-electron chi connectivity index (χ3n) is 4.86. The van der Waals surface area contributed by atoms with Gasteiger partial charge in [0.05, 0.1) is 25.5 Å². The monoisotopic (exact) mass is 579 g/mol. The van der Waals surface area contributed by atoms with E-state index in [4.69, 9.17) is 51.4 Å². The lowest BCUT2D eigenvalue weighted by atomic mass is 10.1. The number of amides is 2. The third-order valence-corrected chi connectivity index (χ3v) is 7.54. The summed E-state index contributed by atoms with van der Waals surface area (Å²) in [6, 6.07) is 13.6. The molecule has 3 N–H and O–H groups in total. The van der Waals surface area contributed by atoms with Crippen LogP contribution in [0.25, 0.3) is 21.4 Å². The topological polar surface area (TPSA) is 83.4 Å². The SMILES string of the molecule is CC(C)(C)NC(=O)c1sc2c(NC(=S)NC(=O)c3ccc(-c4ccc(Cl)c(Cl)c4)o3)cccc2c1Cl. The van der Waals surface area contributed by atoms with Crippen LogP contribution in [-0.4, -0.2) is 22.5 Å². The van der Waals surface area contributed by atoms with Gasteiger partial charge in [0.15, 0.2) is 10.9 Å². The number of fused-ring (bicyclic) bond motifs is 1. The van der Waals surface area contributed by atoms with Crippen molar-refractivity contribution in [3.05, 3.63) is 74.2 Å². The second-order valence-corrected chi connectivity index (χ2v) is 11.5. The van der Waals surface area contributed by atoms with Crippen molar-refractivity contribution in [2.24, 2.45) is 0 Å². The number of benzene rings is 2. The number of nitrogens with one attached hydrogen (secondary N) is 3. The van der Waals surface area contributed by atoms with Crippen molar-refractivity contribution >= 4 is 91.1 Å². The summed E-state index contributed by atoms with van der Waals surface area (Å²) >= 11 is 25.1. The summed E-state index contributed by atoms with van der Waals surface area (Å²) in [6.07, 6.45) is 0. The lowest BCUT2D eigenvalue weighted by molar-refractivity contribution is 0.0921. The summed E-state index contributed by atoms with van der Waals surface area (Å²) in [5, 5.41) is 10.5. The number of rotatable bonds is 4. The van der Waals surface area contributed by atoms with Crippen LogP contribution in [0, 0.1) is 0 Å². The molecule has 0 saturated heterocycles. The number of anilines is 1. The van der Waals surface area contributed by atoms with Crippen LogP contribution in [0.5, 0.6) is 0 Å². The molecule has 0 atom stereocenters. The van der Waals surface area contributed by atoms with Crippen molar-refractivity contribution in [1.82, 2.24) is 10.6 Å². The Morgan fingerprint density at radius 3 is 2.42 bits per heavy atom. The maximum atomic E-state index is 12.7. The number of hydrogen-bond donors (Lipinski definition) is 3. The molecule has 2 heterocycles. The van der Waals surface area contributed by atoms with Crippen molar-refractivity contribution in [2.75, 3.05) is 5.32 Å². The first-order valence-corrected chi connectivity index (χ1v) is 13.0. The normalized spacial score (nSPS) is 11.4. The molecule has 186 valence electrons. The molecule has 4 aromatic rings. The highest BCUT2D eigenvalue weighted by Gasteiger charge is 2.23. The van der Waals surface area contributed by atoms with Gasteiger partial charge in [-0.05, 0) is 69.4 Å². The Morgan fingerprint density at radius 2 is 1.72 bits per heavy atom. The molecule has 2 aromatic carbocycles. The predicted molar refractivity (Wildman–Crippen MR) is 152 cm³/mol. The summed E-state index contributed by atoms with van der Waals surface area (Å²) in [5.41, 5.74) is 0.877. The Hall–Kier alpha value is -2.62. The second kappa shape index (κ2) is 10.4. The first-order chi connectivity index (χ1) is 16.9. The zero-order valence-corrected chi connectivity index (χ0v) is 23.2. The fourth-order valence-corrected chi connectivity index (χ4v) is 5.29. The summed E-state index contributed by atoms with van der Waals surface area (Å²) in [7, 11) is 0. The smallest absolute Gasteiger partial charge is 0.293 e.